The van der Waals surface area contributed by atoms with Crippen LogP contribution in [0.2, 0.25) is 0 Å². The highest BCUT2D eigenvalue weighted by atomic mass is 79.9. The fourth-order valence-electron chi connectivity index (χ4n) is 2.53. The lowest BCUT2D eigenvalue weighted by atomic mass is 10.2. The molecule has 6 heteroatoms. The molecule has 0 bridgehead atoms. The van der Waals surface area contributed by atoms with Gasteiger partial charge >= 0.3 is 0 Å². The van der Waals surface area contributed by atoms with Gasteiger partial charge in [0, 0.05) is 41.6 Å². The highest BCUT2D eigenvalue weighted by molar-refractivity contribution is 9.10. The Hall–Kier alpha value is -0.820. The zero-order valence-corrected chi connectivity index (χ0v) is 14.2. The van der Waals surface area contributed by atoms with Gasteiger partial charge in [-0.1, -0.05) is 0 Å². The van der Waals surface area contributed by atoms with Gasteiger partial charge in [-0.05, 0) is 41.1 Å². The Morgan fingerprint density at radius 2 is 2.14 bits per heavy atom. The molecule has 3 nitrogen and oxygen atoms in total. The molecule has 1 saturated heterocycles. The molecule has 1 atom stereocenters. The largest absolute Gasteiger partial charge is 0.314 e. The molecule has 112 valence electrons. The fourth-order valence-corrected chi connectivity index (χ4v) is 3.99. The standard InChI is InChI=1S/C15H17BrFN3S/c1-10(20-6-4-18-5-7-20)15-19-14(9-21-15)12-3-2-11(17)8-13(12)16/h2-3,8-10,18H,4-7H2,1H3. The molecule has 2 aromatic rings. The lowest BCUT2D eigenvalue weighted by molar-refractivity contribution is 0.185. The topological polar surface area (TPSA) is 28.2 Å². The van der Waals surface area contributed by atoms with Crippen LogP contribution in [0.3, 0.4) is 0 Å². The molecule has 0 radical (unpaired) electrons. The number of rotatable bonds is 3. The molecule has 0 amide bonds. The van der Waals surface area contributed by atoms with Gasteiger partial charge in [-0.3, -0.25) is 4.90 Å². The summed E-state index contributed by atoms with van der Waals surface area (Å²) in [5.41, 5.74) is 1.84. The highest BCUT2D eigenvalue weighted by Crippen LogP contribution is 2.32. The maximum atomic E-state index is 13.2. The maximum Gasteiger partial charge on any atom is 0.124 e. The van der Waals surface area contributed by atoms with Crippen molar-refractivity contribution in [3.8, 4) is 11.3 Å². The van der Waals surface area contributed by atoms with Gasteiger partial charge in [0.15, 0.2) is 0 Å². The van der Waals surface area contributed by atoms with Gasteiger partial charge in [0.05, 0.1) is 11.7 Å². The summed E-state index contributed by atoms with van der Waals surface area (Å²) in [5, 5.41) is 6.53. The zero-order chi connectivity index (χ0) is 14.8. The number of hydrogen-bond acceptors (Lipinski definition) is 4. The van der Waals surface area contributed by atoms with Gasteiger partial charge in [0.2, 0.25) is 0 Å². The second-order valence-electron chi connectivity index (χ2n) is 5.16. The quantitative estimate of drug-likeness (QED) is 0.894. The van der Waals surface area contributed by atoms with Crippen LogP contribution in [-0.4, -0.2) is 36.1 Å². The third-order valence-electron chi connectivity index (χ3n) is 3.79. The van der Waals surface area contributed by atoms with Crippen LogP contribution in [0.25, 0.3) is 11.3 Å². The van der Waals surface area contributed by atoms with Crippen LogP contribution in [0.5, 0.6) is 0 Å². The number of benzene rings is 1. The van der Waals surface area contributed by atoms with E-state index in [0.29, 0.717) is 6.04 Å². The molecule has 1 fully saturated rings. The normalized spacial score (nSPS) is 17.9. The summed E-state index contributed by atoms with van der Waals surface area (Å²) >= 11 is 5.08. The Morgan fingerprint density at radius 1 is 1.38 bits per heavy atom. The summed E-state index contributed by atoms with van der Waals surface area (Å²) in [4.78, 5) is 7.19. The molecule has 0 saturated carbocycles. The van der Waals surface area contributed by atoms with Crippen molar-refractivity contribution in [3.63, 3.8) is 0 Å². The summed E-state index contributed by atoms with van der Waals surface area (Å²) in [6.07, 6.45) is 0. The minimum absolute atomic E-state index is 0.240. The van der Waals surface area contributed by atoms with Crippen LogP contribution >= 0.6 is 27.3 Å². The van der Waals surface area contributed by atoms with Crippen molar-refractivity contribution in [2.75, 3.05) is 26.2 Å². The highest BCUT2D eigenvalue weighted by Gasteiger charge is 2.21. The Labute approximate surface area is 136 Å². The van der Waals surface area contributed by atoms with Gasteiger partial charge in [0.25, 0.3) is 0 Å². The van der Waals surface area contributed by atoms with E-state index in [1.807, 2.05) is 5.38 Å². The first-order chi connectivity index (χ1) is 10.1. The predicted molar refractivity (Wildman–Crippen MR) is 88.1 cm³/mol. The number of piperazine rings is 1. The maximum absolute atomic E-state index is 13.2. The first-order valence-corrected chi connectivity index (χ1v) is 8.68. The molecular weight excluding hydrogens is 353 g/mol. The molecule has 1 unspecified atom stereocenters. The van der Waals surface area contributed by atoms with Crippen LogP contribution < -0.4 is 5.32 Å². The molecule has 1 N–H and O–H groups in total. The Balaban J connectivity index is 1.82. The molecule has 1 aliphatic heterocycles. The van der Waals surface area contributed by atoms with Gasteiger partial charge in [-0.15, -0.1) is 11.3 Å². The molecule has 3 rings (SSSR count). The van der Waals surface area contributed by atoms with Gasteiger partial charge in [0.1, 0.15) is 10.8 Å². The van der Waals surface area contributed by atoms with Crippen LogP contribution in [-0.2, 0) is 0 Å². The number of hydrogen-bond donors (Lipinski definition) is 1. The van der Waals surface area contributed by atoms with Crippen molar-refractivity contribution in [2.24, 2.45) is 0 Å². The molecule has 1 aliphatic rings. The van der Waals surface area contributed by atoms with Crippen LogP contribution in [0.15, 0.2) is 28.1 Å². The summed E-state index contributed by atoms with van der Waals surface area (Å²) in [6, 6.07) is 5.05. The van der Waals surface area contributed by atoms with Gasteiger partial charge in [-0.25, -0.2) is 9.37 Å². The summed E-state index contributed by atoms with van der Waals surface area (Å²) < 4.78 is 13.9. The van der Waals surface area contributed by atoms with Crippen molar-refractivity contribution in [3.05, 3.63) is 38.9 Å². The number of thiazole rings is 1. The average Bonchev–Trinajstić information content (AvgIpc) is 2.97. The minimum Gasteiger partial charge on any atom is -0.314 e. The van der Waals surface area contributed by atoms with Gasteiger partial charge < -0.3 is 5.32 Å². The van der Waals surface area contributed by atoms with Gasteiger partial charge in [-0.2, -0.15) is 0 Å². The van der Waals surface area contributed by atoms with E-state index in [4.69, 9.17) is 4.98 Å². The van der Waals surface area contributed by atoms with E-state index in [2.05, 4.69) is 33.1 Å². The molecule has 0 aliphatic carbocycles. The smallest absolute Gasteiger partial charge is 0.124 e. The molecule has 1 aromatic heterocycles. The van der Waals surface area contributed by atoms with Crippen LogP contribution in [0, 0.1) is 5.82 Å². The third kappa shape index (κ3) is 3.34. The second-order valence-corrected chi connectivity index (χ2v) is 6.90. The third-order valence-corrected chi connectivity index (χ3v) is 5.46. The molecule has 0 spiro atoms. The summed E-state index contributed by atoms with van der Waals surface area (Å²) in [5.74, 6) is -0.240. The van der Waals surface area contributed by atoms with E-state index in [1.54, 1.807) is 17.4 Å². The fraction of sp³-hybridized carbons (Fsp3) is 0.400. The van der Waals surface area contributed by atoms with Crippen molar-refractivity contribution in [1.29, 1.82) is 0 Å². The summed E-state index contributed by atoms with van der Waals surface area (Å²) in [6.45, 7) is 6.37. The predicted octanol–water partition coefficient (Wildman–Crippen LogP) is 3.68. The zero-order valence-electron chi connectivity index (χ0n) is 11.8. The number of nitrogens with zero attached hydrogens (tertiary/aromatic N) is 2. The van der Waals surface area contributed by atoms with E-state index < -0.39 is 0 Å². The first kappa shape index (κ1) is 15.1. The monoisotopic (exact) mass is 369 g/mol. The van der Waals surface area contributed by atoms with E-state index in [9.17, 15) is 4.39 Å². The van der Waals surface area contributed by atoms with Crippen molar-refractivity contribution < 1.29 is 4.39 Å². The SMILES string of the molecule is CC(c1nc(-c2ccc(F)cc2Br)cs1)N1CCNCC1. The number of halogens is 2. The van der Waals surface area contributed by atoms with Crippen molar-refractivity contribution in [1.82, 2.24) is 15.2 Å². The average molecular weight is 370 g/mol. The Morgan fingerprint density at radius 3 is 2.86 bits per heavy atom. The first-order valence-electron chi connectivity index (χ1n) is 7.01. The Kier molecular flexibility index (Phi) is 4.69. The minimum atomic E-state index is -0.240. The summed E-state index contributed by atoms with van der Waals surface area (Å²) in [7, 11) is 0. The van der Waals surface area contributed by atoms with Crippen LogP contribution in [0.1, 0.15) is 18.0 Å². The lowest BCUT2D eigenvalue weighted by Crippen LogP contribution is -2.44. The van der Waals surface area contributed by atoms with Crippen molar-refractivity contribution >= 4 is 27.3 Å². The molecule has 21 heavy (non-hydrogen) atoms. The molecular formula is C15H17BrFN3S. The second kappa shape index (κ2) is 6.52. The number of nitrogens with one attached hydrogen (secondary N) is 1. The molecule has 2 heterocycles. The van der Waals surface area contributed by atoms with E-state index in [1.165, 1.54) is 12.1 Å². The lowest BCUT2D eigenvalue weighted by Gasteiger charge is -2.31. The number of aromatic nitrogens is 1. The van der Waals surface area contributed by atoms with Crippen molar-refractivity contribution in [2.45, 2.75) is 13.0 Å². The Bertz CT molecular complexity index is 625. The molecule has 1 aromatic carbocycles. The van der Waals surface area contributed by atoms with Crippen LogP contribution in [0.4, 0.5) is 4.39 Å². The van der Waals surface area contributed by atoms with E-state index >= 15 is 0 Å². The van der Waals surface area contributed by atoms with E-state index in [0.717, 1.165) is 46.9 Å². The van der Waals surface area contributed by atoms with E-state index in [-0.39, 0.29) is 5.82 Å².